The van der Waals surface area contributed by atoms with E-state index in [0.29, 0.717) is 16.5 Å². The lowest BCUT2D eigenvalue weighted by Gasteiger charge is -1.93. The molecule has 0 aliphatic carbocycles. The van der Waals surface area contributed by atoms with Gasteiger partial charge in [-0.3, -0.25) is 14.9 Å². The van der Waals surface area contributed by atoms with Gasteiger partial charge in [-0.15, -0.1) is 5.10 Å². The van der Waals surface area contributed by atoms with Crippen molar-refractivity contribution in [2.45, 2.75) is 0 Å². The van der Waals surface area contributed by atoms with Crippen molar-refractivity contribution in [1.29, 1.82) is 0 Å². The highest BCUT2D eigenvalue weighted by atomic mass is 32.2. The molecule has 1 saturated heterocycles. The molecule has 1 amide bonds. The van der Waals surface area contributed by atoms with E-state index in [1.165, 1.54) is 30.1 Å². The molecule has 0 spiro atoms. The minimum Gasteiger partial charge on any atom is -0.303 e. The summed E-state index contributed by atoms with van der Waals surface area (Å²) in [4.78, 5) is 20.9. The molecule has 1 fully saturated rings. The third-order valence-electron chi connectivity index (χ3n) is 2.02. The van der Waals surface area contributed by atoms with Crippen molar-refractivity contribution in [3.8, 4) is 0 Å². The standard InChI is InChI=1S/C10H8N4O3S/c15-9-6-18-10(12-9)13-11-5-7-2-1-3-8(4-7)14(16)17/h1-5H,6H2,(H,12,13,15)/b11-5-. The number of rotatable bonds is 3. The van der Waals surface area contributed by atoms with Gasteiger partial charge in [-0.2, -0.15) is 5.10 Å². The van der Waals surface area contributed by atoms with Gasteiger partial charge in [0.1, 0.15) is 0 Å². The number of benzene rings is 1. The highest BCUT2D eigenvalue weighted by molar-refractivity contribution is 8.15. The summed E-state index contributed by atoms with van der Waals surface area (Å²) in [5, 5.41) is 21.1. The van der Waals surface area contributed by atoms with Crippen molar-refractivity contribution in [3.63, 3.8) is 0 Å². The molecule has 1 aliphatic rings. The number of carbonyl (C=O) groups is 1. The summed E-state index contributed by atoms with van der Waals surface area (Å²) >= 11 is 1.26. The average Bonchev–Trinajstić information content (AvgIpc) is 2.75. The Morgan fingerprint density at radius 2 is 2.33 bits per heavy atom. The van der Waals surface area contributed by atoms with Crippen LogP contribution in [0.1, 0.15) is 5.56 Å². The monoisotopic (exact) mass is 264 g/mol. The Morgan fingerprint density at radius 1 is 1.50 bits per heavy atom. The number of thioether (sulfide) groups is 1. The van der Waals surface area contributed by atoms with Crippen molar-refractivity contribution < 1.29 is 9.72 Å². The summed E-state index contributed by atoms with van der Waals surface area (Å²) in [6.45, 7) is 0. The van der Waals surface area contributed by atoms with Gasteiger partial charge in [-0.05, 0) is 0 Å². The van der Waals surface area contributed by atoms with Crippen LogP contribution in [0.4, 0.5) is 5.69 Å². The van der Waals surface area contributed by atoms with Gasteiger partial charge >= 0.3 is 0 Å². The fourth-order valence-electron chi connectivity index (χ4n) is 1.25. The maximum Gasteiger partial charge on any atom is 0.270 e. The second-order valence-corrected chi connectivity index (χ2v) is 4.30. The van der Waals surface area contributed by atoms with E-state index in [-0.39, 0.29) is 11.6 Å². The Hall–Kier alpha value is -2.22. The average molecular weight is 264 g/mol. The third-order valence-corrected chi connectivity index (χ3v) is 2.89. The van der Waals surface area contributed by atoms with E-state index in [0.717, 1.165) is 0 Å². The van der Waals surface area contributed by atoms with Crippen molar-refractivity contribution in [3.05, 3.63) is 39.9 Å². The van der Waals surface area contributed by atoms with Gasteiger partial charge in [-0.25, -0.2) is 0 Å². The lowest BCUT2D eigenvalue weighted by atomic mass is 10.2. The number of hydrogen-bond donors (Lipinski definition) is 1. The van der Waals surface area contributed by atoms with Crippen molar-refractivity contribution in [1.82, 2.24) is 5.32 Å². The number of nitro benzene ring substituents is 1. The van der Waals surface area contributed by atoms with Crippen molar-refractivity contribution in [2.24, 2.45) is 10.2 Å². The van der Waals surface area contributed by atoms with Crippen LogP contribution < -0.4 is 5.32 Å². The summed E-state index contributed by atoms with van der Waals surface area (Å²) < 4.78 is 0. The maximum atomic E-state index is 10.9. The maximum absolute atomic E-state index is 10.9. The molecule has 1 aromatic rings. The Bertz CT molecular complexity index is 556. The van der Waals surface area contributed by atoms with E-state index in [2.05, 4.69) is 15.5 Å². The molecule has 1 heterocycles. The number of carbonyl (C=O) groups excluding carboxylic acids is 1. The van der Waals surface area contributed by atoms with Crippen LogP contribution in [-0.4, -0.2) is 28.0 Å². The van der Waals surface area contributed by atoms with Gasteiger partial charge in [0.05, 0.1) is 16.9 Å². The van der Waals surface area contributed by atoms with Crippen LogP contribution in [0, 0.1) is 10.1 Å². The summed E-state index contributed by atoms with van der Waals surface area (Å²) in [7, 11) is 0. The van der Waals surface area contributed by atoms with Crippen LogP contribution in [0.2, 0.25) is 0 Å². The first-order valence-electron chi connectivity index (χ1n) is 4.93. The molecule has 7 nitrogen and oxygen atoms in total. The number of non-ortho nitro benzene ring substituents is 1. The van der Waals surface area contributed by atoms with Crippen molar-refractivity contribution >= 4 is 34.7 Å². The van der Waals surface area contributed by atoms with E-state index in [4.69, 9.17) is 0 Å². The molecule has 92 valence electrons. The Morgan fingerprint density at radius 3 is 3.00 bits per heavy atom. The number of nitrogens with one attached hydrogen (secondary N) is 1. The van der Waals surface area contributed by atoms with Crippen LogP contribution in [-0.2, 0) is 4.79 Å². The van der Waals surface area contributed by atoms with Gasteiger partial charge in [0.2, 0.25) is 5.91 Å². The number of hydrogen-bond acceptors (Lipinski definition) is 6. The second kappa shape index (κ2) is 5.41. The molecule has 2 rings (SSSR count). The van der Waals surface area contributed by atoms with Crippen molar-refractivity contribution in [2.75, 3.05) is 5.75 Å². The topological polar surface area (TPSA) is 97.0 Å². The summed E-state index contributed by atoms with van der Waals surface area (Å²) in [5.41, 5.74) is 0.568. The third kappa shape index (κ3) is 3.14. The normalized spacial score (nSPS) is 17.3. The first kappa shape index (κ1) is 12.2. The molecule has 1 N–H and O–H groups in total. The highest BCUT2D eigenvalue weighted by Gasteiger charge is 2.15. The molecule has 0 unspecified atom stereocenters. The lowest BCUT2D eigenvalue weighted by molar-refractivity contribution is -0.384. The van der Waals surface area contributed by atoms with E-state index < -0.39 is 4.92 Å². The first-order chi connectivity index (χ1) is 8.65. The predicted octanol–water partition coefficient (Wildman–Crippen LogP) is 1.15. The molecular formula is C10H8N4O3S. The van der Waals surface area contributed by atoms with Crippen LogP contribution >= 0.6 is 11.8 Å². The molecule has 0 aromatic heterocycles. The molecule has 0 radical (unpaired) electrons. The number of amidine groups is 1. The van der Waals surface area contributed by atoms with Gasteiger partial charge in [0, 0.05) is 17.7 Å². The van der Waals surface area contributed by atoms with Gasteiger partial charge in [0.15, 0.2) is 5.17 Å². The number of nitrogens with zero attached hydrogens (tertiary/aromatic N) is 3. The summed E-state index contributed by atoms with van der Waals surface area (Å²) in [5.74, 6) is 0.231. The van der Waals surface area contributed by atoms with E-state index in [1.54, 1.807) is 12.1 Å². The van der Waals surface area contributed by atoms with Crippen LogP contribution in [0.25, 0.3) is 0 Å². The van der Waals surface area contributed by atoms with Gasteiger partial charge in [0.25, 0.3) is 5.69 Å². The Balaban J connectivity index is 2.07. The Kier molecular flexibility index (Phi) is 3.68. The molecular weight excluding hydrogens is 256 g/mol. The van der Waals surface area contributed by atoms with E-state index in [9.17, 15) is 14.9 Å². The van der Waals surface area contributed by atoms with Crippen LogP contribution in [0.3, 0.4) is 0 Å². The zero-order chi connectivity index (χ0) is 13.0. The summed E-state index contributed by atoms with van der Waals surface area (Å²) in [6, 6.07) is 6.04. The largest absolute Gasteiger partial charge is 0.303 e. The fraction of sp³-hybridized carbons (Fsp3) is 0.100. The van der Waals surface area contributed by atoms with E-state index in [1.807, 2.05) is 0 Å². The molecule has 1 aromatic carbocycles. The quantitative estimate of drug-likeness (QED) is 0.503. The smallest absolute Gasteiger partial charge is 0.270 e. The van der Waals surface area contributed by atoms with E-state index >= 15 is 0 Å². The minimum absolute atomic E-state index is 0.00449. The van der Waals surface area contributed by atoms with Gasteiger partial charge in [-0.1, -0.05) is 23.9 Å². The Labute approximate surface area is 106 Å². The molecule has 0 atom stereocenters. The number of amides is 1. The molecule has 8 heteroatoms. The predicted molar refractivity (Wildman–Crippen MR) is 68.7 cm³/mol. The highest BCUT2D eigenvalue weighted by Crippen LogP contribution is 2.12. The van der Waals surface area contributed by atoms with Crippen LogP contribution in [0.15, 0.2) is 34.5 Å². The zero-order valence-electron chi connectivity index (χ0n) is 9.07. The number of nitro groups is 1. The van der Waals surface area contributed by atoms with Gasteiger partial charge < -0.3 is 5.32 Å². The molecule has 1 aliphatic heterocycles. The van der Waals surface area contributed by atoms with Crippen LogP contribution in [0.5, 0.6) is 0 Å². The zero-order valence-corrected chi connectivity index (χ0v) is 9.88. The lowest BCUT2D eigenvalue weighted by Crippen LogP contribution is -2.19. The second-order valence-electron chi connectivity index (χ2n) is 3.34. The molecule has 0 bridgehead atoms. The molecule has 0 saturated carbocycles. The molecule has 18 heavy (non-hydrogen) atoms. The minimum atomic E-state index is -0.476. The fourth-order valence-corrected chi connectivity index (χ4v) is 1.88. The SMILES string of the molecule is O=C1CSC(=N/N=C\c2cccc([N+](=O)[O-])c2)N1. The first-order valence-corrected chi connectivity index (χ1v) is 5.92. The summed E-state index contributed by atoms with van der Waals surface area (Å²) in [6.07, 6.45) is 1.39.